The molecule has 0 unspecified atom stereocenters. The van der Waals surface area contributed by atoms with Crippen LogP contribution in [0.3, 0.4) is 0 Å². The van der Waals surface area contributed by atoms with Crippen molar-refractivity contribution in [2.45, 2.75) is 12.5 Å². The summed E-state index contributed by atoms with van der Waals surface area (Å²) in [7, 11) is 1.55. The maximum Gasteiger partial charge on any atom is 0.223 e. The lowest BCUT2D eigenvalue weighted by atomic mass is 9.98. The largest absolute Gasteiger partial charge is 0.384 e. The molecule has 0 bridgehead atoms. The highest BCUT2D eigenvalue weighted by Crippen LogP contribution is 2.22. The number of carbonyl (C=O) groups is 1. The van der Waals surface area contributed by atoms with E-state index in [0.717, 1.165) is 5.56 Å². The highest BCUT2D eigenvalue weighted by molar-refractivity contribution is 5.77. The van der Waals surface area contributed by atoms with E-state index in [4.69, 9.17) is 4.74 Å². The molecule has 0 spiro atoms. The van der Waals surface area contributed by atoms with Gasteiger partial charge in [-0.25, -0.2) is 4.39 Å². The van der Waals surface area contributed by atoms with E-state index in [9.17, 15) is 9.18 Å². The molecule has 0 aliphatic heterocycles. The van der Waals surface area contributed by atoms with Gasteiger partial charge in [-0.3, -0.25) is 4.79 Å². The zero-order chi connectivity index (χ0) is 15.1. The van der Waals surface area contributed by atoms with Crippen LogP contribution >= 0.6 is 0 Å². The molecule has 0 radical (unpaired) electrons. The molecule has 1 N–H and O–H groups in total. The smallest absolute Gasteiger partial charge is 0.223 e. The second-order valence-corrected chi connectivity index (χ2v) is 4.71. The third kappa shape index (κ3) is 4.39. The molecule has 2 rings (SSSR count). The molecule has 3 nitrogen and oxygen atoms in total. The van der Waals surface area contributed by atoms with Gasteiger partial charge in [0.05, 0.1) is 12.6 Å². The van der Waals surface area contributed by atoms with Crippen molar-refractivity contribution in [1.29, 1.82) is 0 Å². The van der Waals surface area contributed by atoms with Crippen LogP contribution < -0.4 is 5.32 Å². The van der Waals surface area contributed by atoms with Crippen molar-refractivity contribution < 1.29 is 13.9 Å². The van der Waals surface area contributed by atoms with Gasteiger partial charge in [0.1, 0.15) is 5.82 Å². The Kier molecular flexibility index (Phi) is 5.46. The summed E-state index contributed by atoms with van der Waals surface area (Å²) in [5.74, 6) is -0.450. The van der Waals surface area contributed by atoms with Crippen molar-refractivity contribution >= 4 is 5.91 Å². The zero-order valence-electron chi connectivity index (χ0n) is 11.9. The maximum absolute atomic E-state index is 13.5. The number of hydrogen-bond acceptors (Lipinski definition) is 2. The second-order valence-electron chi connectivity index (χ2n) is 4.71. The number of benzene rings is 2. The highest BCUT2D eigenvalue weighted by Gasteiger charge is 2.17. The van der Waals surface area contributed by atoms with Gasteiger partial charge in [-0.2, -0.15) is 0 Å². The van der Waals surface area contributed by atoms with E-state index in [1.807, 2.05) is 30.3 Å². The number of hydrogen-bond donors (Lipinski definition) is 1. The molecule has 1 amide bonds. The Bertz CT molecular complexity index is 586. The first-order valence-electron chi connectivity index (χ1n) is 6.79. The van der Waals surface area contributed by atoms with Gasteiger partial charge in [-0.05, 0) is 23.3 Å². The SMILES string of the molecule is COCCC(=O)N[C@H](c1ccccc1)c1cccc(F)c1. The van der Waals surface area contributed by atoms with Gasteiger partial charge in [0.15, 0.2) is 0 Å². The van der Waals surface area contributed by atoms with Gasteiger partial charge in [-0.1, -0.05) is 42.5 Å². The molecule has 2 aromatic carbocycles. The Morgan fingerprint density at radius 1 is 1.14 bits per heavy atom. The molecule has 0 aliphatic rings. The molecule has 110 valence electrons. The number of carbonyl (C=O) groups excluding carboxylic acids is 1. The monoisotopic (exact) mass is 287 g/mol. The lowest BCUT2D eigenvalue weighted by Gasteiger charge is -2.20. The van der Waals surface area contributed by atoms with Crippen molar-refractivity contribution in [2.75, 3.05) is 13.7 Å². The number of methoxy groups -OCH3 is 1. The normalized spacial score (nSPS) is 11.9. The van der Waals surface area contributed by atoms with Crippen LogP contribution in [-0.2, 0) is 9.53 Å². The van der Waals surface area contributed by atoms with E-state index < -0.39 is 0 Å². The maximum atomic E-state index is 13.5. The van der Waals surface area contributed by atoms with Crippen LogP contribution in [-0.4, -0.2) is 19.6 Å². The molecule has 2 aromatic rings. The minimum absolute atomic E-state index is 0.130. The first-order chi connectivity index (χ1) is 10.2. The Hall–Kier alpha value is -2.20. The molecule has 0 saturated carbocycles. The molecule has 0 saturated heterocycles. The first-order valence-corrected chi connectivity index (χ1v) is 6.79. The summed E-state index contributed by atoms with van der Waals surface area (Å²) in [6, 6.07) is 15.4. The molecule has 1 atom stereocenters. The van der Waals surface area contributed by atoms with Gasteiger partial charge in [0, 0.05) is 13.5 Å². The number of halogens is 1. The summed E-state index contributed by atoms with van der Waals surface area (Å²) < 4.78 is 18.4. The standard InChI is InChI=1S/C17H18FNO2/c1-21-11-10-16(20)19-17(13-6-3-2-4-7-13)14-8-5-9-15(18)12-14/h2-9,12,17H,10-11H2,1H3,(H,19,20)/t17-/m1/s1. The lowest BCUT2D eigenvalue weighted by Crippen LogP contribution is -2.30. The molecular weight excluding hydrogens is 269 g/mol. The molecule has 0 aromatic heterocycles. The van der Waals surface area contributed by atoms with Gasteiger partial charge in [0.25, 0.3) is 0 Å². The van der Waals surface area contributed by atoms with Crippen molar-refractivity contribution in [2.24, 2.45) is 0 Å². The molecule has 0 aliphatic carbocycles. The minimum atomic E-state index is -0.369. The van der Waals surface area contributed by atoms with Crippen molar-refractivity contribution in [3.05, 3.63) is 71.5 Å². The van der Waals surface area contributed by atoms with Gasteiger partial charge in [-0.15, -0.1) is 0 Å². The predicted molar refractivity (Wildman–Crippen MR) is 79.3 cm³/mol. The molecule has 0 fully saturated rings. The second kappa shape index (κ2) is 7.55. The minimum Gasteiger partial charge on any atom is -0.384 e. The van der Waals surface area contributed by atoms with Crippen LogP contribution in [0.5, 0.6) is 0 Å². The third-order valence-electron chi connectivity index (χ3n) is 3.15. The van der Waals surface area contributed by atoms with Crippen LogP contribution in [0.4, 0.5) is 4.39 Å². The highest BCUT2D eigenvalue weighted by atomic mass is 19.1. The van der Waals surface area contributed by atoms with Crippen LogP contribution in [0, 0.1) is 5.82 Å². The predicted octanol–water partition coefficient (Wildman–Crippen LogP) is 3.07. The van der Waals surface area contributed by atoms with Crippen LogP contribution in [0.2, 0.25) is 0 Å². The summed E-state index contributed by atoms with van der Waals surface area (Å²) in [6.45, 7) is 0.358. The number of ether oxygens (including phenoxy) is 1. The fourth-order valence-corrected chi connectivity index (χ4v) is 2.12. The van der Waals surface area contributed by atoms with Gasteiger partial charge < -0.3 is 10.1 Å². The average Bonchev–Trinajstić information content (AvgIpc) is 2.51. The van der Waals surface area contributed by atoms with E-state index >= 15 is 0 Å². The van der Waals surface area contributed by atoms with E-state index in [1.54, 1.807) is 19.2 Å². The Morgan fingerprint density at radius 3 is 2.52 bits per heavy atom. The van der Waals surface area contributed by atoms with Crippen molar-refractivity contribution in [1.82, 2.24) is 5.32 Å². The van der Waals surface area contributed by atoms with Crippen molar-refractivity contribution in [3.8, 4) is 0 Å². The van der Waals surface area contributed by atoms with E-state index in [0.29, 0.717) is 12.2 Å². The Balaban J connectivity index is 2.25. The summed E-state index contributed by atoms with van der Waals surface area (Å²) in [5, 5.41) is 2.93. The van der Waals surface area contributed by atoms with Crippen LogP contribution in [0.15, 0.2) is 54.6 Å². The third-order valence-corrected chi connectivity index (χ3v) is 3.15. The molecule has 4 heteroatoms. The summed E-state index contributed by atoms with van der Waals surface area (Å²) in [6.07, 6.45) is 0.273. The van der Waals surface area contributed by atoms with E-state index in [1.165, 1.54) is 12.1 Å². The number of amides is 1. The van der Waals surface area contributed by atoms with E-state index in [2.05, 4.69) is 5.32 Å². The first kappa shape index (κ1) is 15.2. The van der Waals surface area contributed by atoms with E-state index in [-0.39, 0.29) is 24.2 Å². The van der Waals surface area contributed by atoms with Gasteiger partial charge >= 0.3 is 0 Å². The van der Waals surface area contributed by atoms with Gasteiger partial charge in [0.2, 0.25) is 5.91 Å². The topological polar surface area (TPSA) is 38.3 Å². The molecule has 0 heterocycles. The number of nitrogens with one attached hydrogen (secondary N) is 1. The van der Waals surface area contributed by atoms with Crippen LogP contribution in [0.1, 0.15) is 23.6 Å². The summed E-state index contributed by atoms with van der Waals surface area (Å²) in [4.78, 5) is 12.0. The lowest BCUT2D eigenvalue weighted by molar-refractivity contribution is -0.122. The summed E-state index contributed by atoms with van der Waals surface area (Å²) in [5.41, 5.74) is 1.63. The Labute approximate surface area is 123 Å². The zero-order valence-corrected chi connectivity index (χ0v) is 11.9. The van der Waals surface area contributed by atoms with Crippen molar-refractivity contribution in [3.63, 3.8) is 0 Å². The number of rotatable bonds is 6. The van der Waals surface area contributed by atoms with Crippen LogP contribution in [0.25, 0.3) is 0 Å². The molecular formula is C17H18FNO2. The summed E-state index contributed by atoms with van der Waals surface area (Å²) >= 11 is 0. The Morgan fingerprint density at radius 2 is 1.86 bits per heavy atom. The molecule has 21 heavy (non-hydrogen) atoms. The average molecular weight is 287 g/mol. The fraction of sp³-hybridized carbons (Fsp3) is 0.235. The quantitative estimate of drug-likeness (QED) is 0.886. The fourth-order valence-electron chi connectivity index (χ4n) is 2.12.